The van der Waals surface area contributed by atoms with E-state index in [1.165, 1.54) is 6.92 Å². The summed E-state index contributed by atoms with van der Waals surface area (Å²) in [6.45, 7) is 1.49. The summed E-state index contributed by atoms with van der Waals surface area (Å²) >= 11 is 6.08. The lowest BCUT2D eigenvalue weighted by Crippen LogP contribution is -2.06. The van der Waals surface area contributed by atoms with Crippen LogP contribution in [0.4, 0.5) is 5.69 Å². The molecule has 0 atom stereocenters. The SMILES string of the molecule is CC(=O)Nc1ccc(Cl)cc1-c1cc2ccccc2[nH]1. The Morgan fingerprint density at radius 2 is 1.95 bits per heavy atom. The monoisotopic (exact) mass is 284 g/mol. The maximum Gasteiger partial charge on any atom is 0.221 e. The number of para-hydroxylation sites is 1. The largest absolute Gasteiger partial charge is 0.354 e. The fourth-order valence-electron chi connectivity index (χ4n) is 2.26. The minimum atomic E-state index is -0.107. The van der Waals surface area contributed by atoms with Gasteiger partial charge < -0.3 is 10.3 Å². The van der Waals surface area contributed by atoms with Gasteiger partial charge in [0.2, 0.25) is 5.91 Å². The lowest BCUT2D eigenvalue weighted by atomic mass is 10.1. The highest BCUT2D eigenvalue weighted by atomic mass is 35.5. The fraction of sp³-hybridized carbons (Fsp3) is 0.0625. The van der Waals surface area contributed by atoms with Crippen molar-refractivity contribution in [2.24, 2.45) is 0 Å². The third kappa shape index (κ3) is 2.40. The van der Waals surface area contributed by atoms with Crippen molar-refractivity contribution in [1.82, 2.24) is 4.98 Å². The van der Waals surface area contributed by atoms with Crippen molar-refractivity contribution in [3.05, 3.63) is 53.6 Å². The molecule has 4 heteroatoms. The zero-order chi connectivity index (χ0) is 14.1. The number of nitrogens with one attached hydrogen (secondary N) is 2. The van der Waals surface area contributed by atoms with Crippen molar-refractivity contribution in [3.8, 4) is 11.3 Å². The molecule has 0 saturated carbocycles. The van der Waals surface area contributed by atoms with Crippen molar-refractivity contribution in [1.29, 1.82) is 0 Å². The quantitative estimate of drug-likeness (QED) is 0.717. The molecule has 3 rings (SSSR count). The van der Waals surface area contributed by atoms with Crippen LogP contribution in [-0.2, 0) is 4.79 Å². The van der Waals surface area contributed by atoms with Crippen LogP contribution in [0.1, 0.15) is 6.92 Å². The van der Waals surface area contributed by atoms with Crippen LogP contribution in [0.5, 0.6) is 0 Å². The third-order valence-corrected chi connectivity index (χ3v) is 3.35. The molecule has 1 amide bonds. The predicted molar refractivity (Wildman–Crippen MR) is 83.0 cm³/mol. The van der Waals surface area contributed by atoms with E-state index in [4.69, 9.17) is 11.6 Å². The number of hydrogen-bond donors (Lipinski definition) is 2. The molecule has 0 radical (unpaired) electrons. The van der Waals surface area contributed by atoms with Gasteiger partial charge in [-0.15, -0.1) is 0 Å². The number of benzene rings is 2. The Morgan fingerprint density at radius 3 is 2.70 bits per heavy atom. The number of aromatic amines is 1. The average molecular weight is 285 g/mol. The Hall–Kier alpha value is -2.26. The second-order valence-corrected chi connectivity index (χ2v) is 5.08. The lowest BCUT2D eigenvalue weighted by molar-refractivity contribution is -0.114. The maximum absolute atomic E-state index is 11.3. The van der Waals surface area contributed by atoms with Gasteiger partial charge >= 0.3 is 0 Å². The summed E-state index contributed by atoms with van der Waals surface area (Å²) in [5, 5.41) is 4.58. The number of amides is 1. The molecule has 20 heavy (non-hydrogen) atoms. The van der Waals surface area contributed by atoms with Crippen LogP contribution in [-0.4, -0.2) is 10.9 Å². The summed E-state index contributed by atoms with van der Waals surface area (Å²) < 4.78 is 0. The number of anilines is 1. The molecule has 0 bridgehead atoms. The first-order valence-electron chi connectivity index (χ1n) is 6.29. The van der Waals surface area contributed by atoms with E-state index in [2.05, 4.69) is 10.3 Å². The molecule has 0 fully saturated rings. The Labute approximate surface area is 121 Å². The van der Waals surface area contributed by atoms with Gasteiger partial charge in [0, 0.05) is 34.1 Å². The summed E-state index contributed by atoms with van der Waals surface area (Å²) in [6, 6.07) is 15.5. The topological polar surface area (TPSA) is 44.9 Å². The van der Waals surface area contributed by atoms with Crippen LogP contribution in [0.15, 0.2) is 48.5 Å². The number of fused-ring (bicyclic) bond motifs is 1. The molecule has 0 aliphatic heterocycles. The molecule has 2 N–H and O–H groups in total. The number of hydrogen-bond acceptors (Lipinski definition) is 1. The van der Waals surface area contributed by atoms with Crippen molar-refractivity contribution in [3.63, 3.8) is 0 Å². The summed E-state index contributed by atoms with van der Waals surface area (Å²) in [5.41, 5.74) is 3.60. The first kappa shape index (κ1) is 12.8. The van der Waals surface area contributed by atoms with E-state index < -0.39 is 0 Å². The van der Waals surface area contributed by atoms with Gasteiger partial charge in [0.05, 0.1) is 5.69 Å². The van der Waals surface area contributed by atoms with E-state index in [1.807, 2.05) is 42.5 Å². The molecule has 0 unspecified atom stereocenters. The fourth-order valence-corrected chi connectivity index (χ4v) is 2.43. The van der Waals surface area contributed by atoms with Gasteiger partial charge in [-0.3, -0.25) is 4.79 Å². The molecule has 100 valence electrons. The van der Waals surface area contributed by atoms with Crippen molar-refractivity contribution in [2.45, 2.75) is 6.92 Å². The number of H-pyrrole nitrogens is 1. The summed E-state index contributed by atoms with van der Waals surface area (Å²) in [5.74, 6) is -0.107. The van der Waals surface area contributed by atoms with E-state index in [1.54, 1.807) is 6.07 Å². The summed E-state index contributed by atoms with van der Waals surface area (Å²) in [6.07, 6.45) is 0. The Bertz CT molecular complexity index is 759. The van der Waals surface area contributed by atoms with E-state index in [0.29, 0.717) is 5.02 Å². The minimum absolute atomic E-state index is 0.107. The zero-order valence-corrected chi connectivity index (χ0v) is 11.7. The predicted octanol–water partition coefficient (Wildman–Crippen LogP) is 4.45. The standard InChI is InChI=1S/C16H13ClN2O/c1-10(20)18-15-7-6-12(17)9-13(15)16-8-11-4-2-3-5-14(11)19-16/h2-9,19H,1H3,(H,18,20). The van der Waals surface area contributed by atoms with Crippen LogP contribution >= 0.6 is 11.6 Å². The molecule has 1 heterocycles. The second kappa shape index (κ2) is 5.02. The van der Waals surface area contributed by atoms with E-state index in [9.17, 15) is 4.79 Å². The number of carbonyl (C=O) groups excluding carboxylic acids is 1. The highest BCUT2D eigenvalue weighted by Crippen LogP contribution is 2.32. The molecular formula is C16H13ClN2O. The molecule has 2 aromatic carbocycles. The molecule has 0 spiro atoms. The normalized spacial score (nSPS) is 10.7. The van der Waals surface area contributed by atoms with Crippen molar-refractivity contribution < 1.29 is 4.79 Å². The van der Waals surface area contributed by atoms with E-state index in [-0.39, 0.29) is 5.91 Å². The smallest absolute Gasteiger partial charge is 0.221 e. The first-order valence-corrected chi connectivity index (χ1v) is 6.66. The summed E-state index contributed by atoms with van der Waals surface area (Å²) in [7, 11) is 0. The molecule has 0 aliphatic carbocycles. The van der Waals surface area contributed by atoms with Crippen molar-refractivity contribution >= 4 is 34.1 Å². The highest BCUT2D eigenvalue weighted by molar-refractivity contribution is 6.31. The first-order chi connectivity index (χ1) is 9.63. The van der Waals surface area contributed by atoms with Crippen LogP contribution < -0.4 is 5.32 Å². The Balaban J connectivity index is 2.16. The van der Waals surface area contributed by atoms with Gasteiger partial charge in [-0.05, 0) is 30.3 Å². The molecule has 3 nitrogen and oxygen atoms in total. The van der Waals surface area contributed by atoms with Crippen LogP contribution in [0.25, 0.3) is 22.2 Å². The van der Waals surface area contributed by atoms with Gasteiger partial charge in [-0.1, -0.05) is 29.8 Å². The second-order valence-electron chi connectivity index (χ2n) is 4.64. The number of rotatable bonds is 2. The van der Waals surface area contributed by atoms with Gasteiger partial charge in [-0.2, -0.15) is 0 Å². The van der Waals surface area contributed by atoms with Crippen LogP contribution in [0.3, 0.4) is 0 Å². The Kier molecular flexibility index (Phi) is 3.20. The van der Waals surface area contributed by atoms with Gasteiger partial charge in [0.1, 0.15) is 0 Å². The van der Waals surface area contributed by atoms with Gasteiger partial charge in [-0.25, -0.2) is 0 Å². The lowest BCUT2D eigenvalue weighted by Gasteiger charge is -2.09. The average Bonchev–Trinajstić information content (AvgIpc) is 2.84. The number of carbonyl (C=O) groups is 1. The molecule has 0 aliphatic rings. The molecule has 0 saturated heterocycles. The molecular weight excluding hydrogens is 272 g/mol. The van der Waals surface area contributed by atoms with Gasteiger partial charge in [0.25, 0.3) is 0 Å². The highest BCUT2D eigenvalue weighted by Gasteiger charge is 2.10. The molecule has 1 aromatic heterocycles. The summed E-state index contributed by atoms with van der Waals surface area (Å²) in [4.78, 5) is 14.6. The number of aromatic nitrogens is 1. The molecule has 3 aromatic rings. The maximum atomic E-state index is 11.3. The van der Waals surface area contributed by atoms with Crippen molar-refractivity contribution in [2.75, 3.05) is 5.32 Å². The minimum Gasteiger partial charge on any atom is -0.354 e. The van der Waals surface area contributed by atoms with Gasteiger partial charge in [0.15, 0.2) is 0 Å². The zero-order valence-electron chi connectivity index (χ0n) is 10.9. The Morgan fingerprint density at radius 1 is 1.15 bits per heavy atom. The van der Waals surface area contributed by atoms with E-state index in [0.717, 1.165) is 27.8 Å². The van der Waals surface area contributed by atoms with Crippen LogP contribution in [0, 0.1) is 0 Å². The van der Waals surface area contributed by atoms with E-state index >= 15 is 0 Å². The third-order valence-electron chi connectivity index (χ3n) is 3.11. The van der Waals surface area contributed by atoms with Crippen LogP contribution in [0.2, 0.25) is 5.02 Å². The number of halogens is 1.